The summed E-state index contributed by atoms with van der Waals surface area (Å²) in [6, 6.07) is 1.98. The lowest BCUT2D eigenvalue weighted by Gasteiger charge is -2.33. The molecule has 0 saturated carbocycles. The third-order valence-corrected chi connectivity index (χ3v) is 4.75. The van der Waals surface area contributed by atoms with Gasteiger partial charge in [0.2, 0.25) is 5.91 Å². The number of carbonyl (C=O) groups excluding carboxylic acids is 2. The van der Waals surface area contributed by atoms with Gasteiger partial charge in [0.25, 0.3) is 5.91 Å². The fourth-order valence-electron chi connectivity index (χ4n) is 3.28. The maximum absolute atomic E-state index is 12.5. The second kappa shape index (κ2) is 8.81. The molecule has 0 atom stereocenters. The highest BCUT2D eigenvalue weighted by Crippen LogP contribution is 2.16. The number of aryl methyl sites for hydroxylation is 1. The fourth-order valence-corrected chi connectivity index (χ4v) is 3.28. The normalized spacial score (nSPS) is 14.9. The fraction of sp³-hybridized carbons (Fsp3) is 0.556. The molecule has 0 bridgehead atoms. The Balaban J connectivity index is 1.58. The first-order chi connectivity index (χ1) is 13.1. The Bertz CT molecular complexity index is 765. The van der Waals surface area contributed by atoms with Crippen LogP contribution in [0.1, 0.15) is 41.6 Å². The lowest BCUT2D eigenvalue weighted by molar-refractivity contribution is -0.132. The molecule has 9 heteroatoms. The topological polar surface area (TPSA) is 102 Å². The molecule has 2 aromatic heterocycles. The van der Waals surface area contributed by atoms with Gasteiger partial charge in [0.15, 0.2) is 5.69 Å². The first-order valence-corrected chi connectivity index (χ1v) is 9.12. The molecule has 2 amide bonds. The predicted molar refractivity (Wildman–Crippen MR) is 96.1 cm³/mol. The van der Waals surface area contributed by atoms with Crippen molar-refractivity contribution in [3.8, 4) is 0 Å². The lowest BCUT2D eigenvalue weighted by Crippen LogP contribution is -2.46. The number of hydrogen-bond acceptors (Lipinski definition) is 6. The van der Waals surface area contributed by atoms with E-state index in [4.69, 9.17) is 9.26 Å². The van der Waals surface area contributed by atoms with Crippen molar-refractivity contribution in [2.24, 2.45) is 0 Å². The van der Waals surface area contributed by atoms with E-state index in [9.17, 15) is 9.59 Å². The van der Waals surface area contributed by atoms with Crippen LogP contribution < -0.4 is 5.32 Å². The zero-order chi connectivity index (χ0) is 19.2. The Morgan fingerprint density at radius 1 is 1.37 bits per heavy atom. The van der Waals surface area contributed by atoms with E-state index in [1.807, 2.05) is 17.2 Å². The van der Waals surface area contributed by atoms with Crippen LogP contribution in [-0.4, -0.2) is 64.0 Å². The van der Waals surface area contributed by atoms with Crippen molar-refractivity contribution in [3.63, 3.8) is 0 Å². The second-order valence-electron chi connectivity index (χ2n) is 6.58. The number of aromatic nitrogens is 3. The molecule has 1 saturated heterocycles. The van der Waals surface area contributed by atoms with Crippen molar-refractivity contribution in [2.75, 3.05) is 26.3 Å². The average molecular weight is 375 g/mol. The van der Waals surface area contributed by atoms with Gasteiger partial charge < -0.3 is 19.5 Å². The van der Waals surface area contributed by atoms with Crippen molar-refractivity contribution in [1.29, 1.82) is 0 Å². The van der Waals surface area contributed by atoms with Crippen molar-refractivity contribution in [1.82, 2.24) is 25.2 Å². The van der Waals surface area contributed by atoms with Crippen LogP contribution in [0.4, 0.5) is 0 Å². The smallest absolute Gasteiger partial charge is 0.273 e. The molecule has 1 aliphatic heterocycles. The van der Waals surface area contributed by atoms with Crippen LogP contribution in [0, 0.1) is 6.92 Å². The Morgan fingerprint density at radius 3 is 2.81 bits per heavy atom. The van der Waals surface area contributed by atoms with E-state index in [1.165, 1.54) is 0 Å². The molecule has 0 aliphatic carbocycles. The molecular formula is C18H25N5O4. The summed E-state index contributed by atoms with van der Waals surface area (Å²) in [4.78, 5) is 26.3. The minimum Gasteiger partial charge on any atom is -0.381 e. The van der Waals surface area contributed by atoms with Crippen LogP contribution >= 0.6 is 0 Å². The van der Waals surface area contributed by atoms with Crippen molar-refractivity contribution in [2.45, 2.75) is 39.3 Å². The van der Waals surface area contributed by atoms with E-state index in [0.29, 0.717) is 44.2 Å². The van der Waals surface area contributed by atoms with Gasteiger partial charge in [0.05, 0.1) is 6.54 Å². The SMILES string of the molecule is CC(=O)N(CCNC(=O)c1noc(C)c1Cn1cccn1)C1CCOCC1. The van der Waals surface area contributed by atoms with Gasteiger partial charge in [-0.1, -0.05) is 5.16 Å². The third kappa shape index (κ3) is 4.73. The summed E-state index contributed by atoms with van der Waals surface area (Å²) in [6.07, 6.45) is 5.13. The molecule has 2 aromatic rings. The van der Waals surface area contributed by atoms with Gasteiger partial charge in [-0.15, -0.1) is 0 Å². The summed E-state index contributed by atoms with van der Waals surface area (Å²) in [7, 11) is 0. The molecule has 27 heavy (non-hydrogen) atoms. The Morgan fingerprint density at radius 2 is 2.15 bits per heavy atom. The molecule has 1 aliphatic rings. The van der Waals surface area contributed by atoms with Crippen LogP contribution in [0.15, 0.2) is 23.0 Å². The van der Waals surface area contributed by atoms with Crippen molar-refractivity contribution in [3.05, 3.63) is 35.5 Å². The number of amides is 2. The second-order valence-corrected chi connectivity index (χ2v) is 6.58. The van der Waals surface area contributed by atoms with E-state index in [-0.39, 0.29) is 23.6 Å². The van der Waals surface area contributed by atoms with Gasteiger partial charge in [0, 0.05) is 57.2 Å². The Labute approximate surface area is 157 Å². The van der Waals surface area contributed by atoms with Gasteiger partial charge >= 0.3 is 0 Å². The summed E-state index contributed by atoms with van der Waals surface area (Å²) >= 11 is 0. The van der Waals surface area contributed by atoms with Crippen LogP contribution in [0.5, 0.6) is 0 Å². The molecule has 3 heterocycles. The molecular weight excluding hydrogens is 350 g/mol. The molecule has 146 valence electrons. The maximum Gasteiger partial charge on any atom is 0.273 e. The first-order valence-electron chi connectivity index (χ1n) is 9.12. The van der Waals surface area contributed by atoms with Gasteiger partial charge in [-0.25, -0.2) is 0 Å². The average Bonchev–Trinajstić information content (AvgIpc) is 3.30. The summed E-state index contributed by atoms with van der Waals surface area (Å²) in [6.45, 7) is 5.87. The van der Waals surface area contributed by atoms with E-state index in [2.05, 4.69) is 15.6 Å². The minimum atomic E-state index is -0.315. The molecule has 1 fully saturated rings. The minimum absolute atomic E-state index is 0.00722. The van der Waals surface area contributed by atoms with Gasteiger partial charge in [-0.2, -0.15) is 5.10 Å². The third-order valence-electron chi connectivity index (χ3n) is 4.75. The summed E-state index contributed by atoms with van der Waals surface area (Å²) in [5, 5.41) is 10.9. The van der Waals surface area contributed by atoms with Gasteiger partial charge in [0.1, 0.15) is 5.76 Å². The molecule has 9 nitrogen and oxygen atoms in total. The van der Waals surface area contributed by atoms with Gasteiger partial charge in [-0.05, 0) is 25.8 Å². The summed E-state index contributed by atoms with van der Waals surface area (Å²) in [5.74, 6) is 0.278. The number of nitrogens with one attached hydrogen (secondary N) is 1. The maximum atomic E-state index is 12.5. The van der Waals surface area contributed by atoms with Crippen LogP contribution in [0.3, 0.4) is 0 Å². The Hall–Kier alpha value is -2.68. The van der Waals surface area contributed by atoms with E-state index >= 15 is 0 Å². The highest BCUT2D eigenvalue weighted by molar-refractivity contribution is 5.93. The molecule has 3 rings (SSSR count). The van der Waals surface area contributed by atoms with Crippen LogP contribution in [-0.2, 0) is 16.1 Å². The highest BCUT2D eigenvalue weighted by Gasteiger charge is 2.24. The standard InChI is InChI=1S/C18H25N5O4/c1-13-16(12-22-8-3-6-20-22)17(21-27-13)18(25)19-7-9-23(14(2)24)15-4-10-26-11-5-15/h3,6,8,15H,4-5,7,9-12H2,1-2H3,(H,19,25). The monoisotopic (exact) mass is 375 g/mol. The first kappa shape index (κ1) is 19.1. The van der Waals surface area contributed by atoms with Gasteiger partial charge in [-0.3, -0.25) is 14.3 Å². The van der Waals surface area contributed by atoms with Crippen LogP contribution in [0.2, 0.25) is 0 Å². The molecule has 0 unspecified atom stereocenters. The van der Waals surface area contributed by atoms with E-state index < -0.39 is 0 Å². The van der Waals surface area contributed by atoms with Crippen LogP contribution in [0.25, 0.3) is 0 Å². The largest absolute Gasteiger partial charge is 0.381 e. The number of hydrogen-bond donors (Lipinski definition) is 1. The highest BCUT2D eigenvalue weighted by atomic mass is 16.5. The molecule has 0 aromatic carbocycles. The molecule has 0 radical (unpaired) electrons. The van der Waals surface area contributed by atoms with Crippen molar-refractivity contribution < 1.29 is 18.8 Å². The number of nitrogens with zero attached hydrogens (tertiary/aromatic N) is 4. The van der Waals surface area contributed by atoms with Crippen molar-refractivity contribution >= 4 is 11.8 Å². The number of ether oxygens (including phenoxy) is 1. The quantitative estimate of drug-likeness (QED) is 0.774. The number of carbonyl (C=O) groups is 2. The summed E-state index contributed by atoms with van der Waals surface area (Å²) in [5.41, 5.74) is 0.951. The summed E-state index contributed by atoms with van der Waals surface area (Å²) < 4.78 is 12.3. The van der Waals surface area contributed by atoms with E-state index in [1.54, 1.807) is 24.7 Å². The lowest BCUT2D eigenvalue weighted by atomic mass is 10.1. The number of rotatable bonds is 7. The zero-order valence-corrected chi connectivity index (χ0v) is 15.7. The zero-order valence-electron chi connectivity index (χ0n) is 15.7. The molecule has 0 spiro atoms. The molecule has 1 N–H and O–H groups in total. The predicted octanol–water partition coefficient (Wildman–Crippen LogP) is 0.985. The van der Waals surface area contributed by atoms with E-state index in [0.717, 1.165) is 12.8 Å². The Kier molecular flexibility index (Phi) is 6.23.